The van der Waals surface area contributed by atoms with Gasteiger partial charge in [0.05, 0.1) is 0 Å². The van der Waals surface area contributed by atoms with Gasteiger partial charge in [-0.25, -0.2) is 0 Å². The molecule has 0 rings (SSSR count). The summed E-state index contributed by atoms with van der Waals surface area (Å²) in [6.45, 7) is 1.23. The lowest BCUT2D eigenvalue weighted by Gasteiger charge is -2.11. The molecule has 3 nitrogen and oxygen atoms in total. The van der Waals surface area contributed by atoms with Crippen LogP contribution in [0.1, 0.15) is 26.7 Å². The van der Waals surface area contributed by atoms with Gasteiger partial charge in [-0.2, -0.15) is 0 Å². The van der Waals surface area contributed by atoms with Gasteiger partial charge in [0.25, 0.3) is 6.65 Å². The molecule has 0 heterocycles. The van der Waals surface area contributed by atoms with E-state index in [-0.39, 0.29) is 0 Å². The van der Waals surface area contributed by atoms with Crippen molar-refractivity contribution in [1.29, 1.82) is 0 Å². The van der Waals surface area contributed by atoms with E-state index in [2.05, 4.69) is 6.92 Å². The SMILES string of the molecule is CCCC(C)SP(N)(N)=O. The van der Waals surface area contributed by atoms with Gasteiger partial charge in [0.15, 0.2) is 0 Å². The highest BCUT2D eigenvalue weighted by Crippen LogP contribution is 2.46. The third kappa shape index (κ3) is 6.62. The molecule has 0 amide bonds. The molecule has 0 aromatic rings. The molecule has 0 aliphatic rings. The molecular weight excluding hydrogens is 167 g/mol. The fourth-order valence-electron chi connectivity index (χ4n) is 0.740. The van der Waals surface area contributed by atoms with Crippen LogP contribution in [0.2, 0.25) is 0 Å². The smallest absolute Gasteiger partial charge is 0.261 e. The summed E-state index contributed by atoms with van der Waals surface area (Å²) < 4.78 is 10.8. The first kappa shape index (κ1) is 10.5. The predicted octanol–water partition coefficient (Wildman–Crippen LogP) is 1.93. The van der Waals surface area contributed by atoms with Gasteiger partial charge < -0.3 is 0 Å². The van der Waals surface area contributed by atoms with Crippen molar-refractivity contribution >= 4 is 18.0 Å². The zero-order valence-electron chi connectivity index (χ0n) is 6.41. The second kappa shape index (κ2) is 4.39. The molecule has 1 atom stereocenters. The average molecular weight is 182 g/mol. The summed E-state index contributed by atoms with van der Waals surface area (Å²) in [5, 5.41) is 0.311. The lowest BCUT2D eigenvalue weighted by molar-refractivity contribution is 0.586. The fourth-order valence-corrected chi connectivity index (χ4v) is 3.65. The van der Waals surface area contributed by atoms with Crippen LogP contribution in [0.25, 0.3) is 0 Å². The maximum atomic E-state index is 10.8. The molecule has 0 fully saturated rings. The van der Waals surface area contributed by atoms with Crippen molar-refractivity contribution < 1.29 is 4.57 Å². The van der Waals surface area contributed by atoms with E-state index >= 15 is 0 Å². The molecule has 0 aliphatic heterocycles. The normalized spacial score (nSPS) is 15.2. The van der Waals surface area contributed by atoms with Gasteiger partial charge in [0.2, 0.25) is 0 Å². The Hall–Kier alpha value is 0.500. The summed E-state index contributed by atoms with van der Waals surface area (Å²) in [4.78, 5) is 0. The van der Waals surface area contributed by atoms with Crippen molar-refractivity contribution in [2.75, 3.05) is 0 Å². The highest BCUT2D eigenvalue weighted by atomic mass is 32.7. The van der Waals surface area contributed by atoms with Crippen LogP contribution in [0.4, 0.5) is 0 Å². The van der Waals surface area contributed by atoms with E-state index in [0.29, 0.717) is 5.25 Å². The largest absolute Gasteiger partial charge is 0.277 e. The molecule has 4 N–H and O–H groups in total. The Balaban J connectivity index is 3.58. The zero-order chi connectivity index (χ0) is 8.20. The van der Waals surface area contributed by atoms with Crippen LogP contribution >= 0.6 is 18.0 Å². The number of hydrogen-bond donors (Lipinski definition) is 2. The van der Waals surface area contributed by atoms with Gasteiger partial charge in [-0.3, -0.25) is 15.6 Å². The lowest BCUT2D eigenvalue weighted by atomic mass is 10.3. The summed E-state index contributed by atoms with van der Waals surface area (Å²) in [7, 11) is 0. The highest BCUT2D eigenvalue weighted by molar-refractivity contribution is 8.57. The van der Waals surface area contributed by atoms with E-state index in [1.54, 1.807) is 0 Å². The summed E-state index contributed by atoms with van der Waals surface area (Å²) in [6.07, 6.45) is 2.09. The third-order valence-electron chi connectivity index (χ3n) is 1.04. The first-order valence-corrected chi connectivity index (χ1v) is 6.64. The Morgan fingerprint density at radius 1 is 1.60 bits per heavy atom. The van der Waals surface area contributed by atoms with Crippen molar-refractivity contribution in [2.24, 2.45) is 11.0 Å². The second-order valence-electron chi connectivity index (χ2n) is 2.35. The zero-order valence-corrected chi connectivity index (χ0v) is 8.12. The van der Waals surface area contributed by atoms with Crippen LogP contribution in [0.15, 0.2) is 0 Å². The van der Waals surface area contributed by atoms with E-state index in [1.807, 2.05) is 6.92 Å². The van der Waals surface area contributed by atoms with Crippen LogP contribution in [0.5, 0.6) is 0 Å². The van der Waals surface area contributed by atoms with Crippen molar-refractivity contribution in [2.45, 2.75) is 31.9 Å². The molecule has 10 heavy (non-hydrogen) atoms. The van der Waals surface area contributed by atoms with Crippen LogP contribution in [-0.4, -0.2) is 5.25 Å². The molecule has 0 aliphatic carbocycles. The first-order valence-electron chi connectivity index (χ1n) is 3.31. The molecule has 0 radical (unpaired) electrons. The van der Waals surface area contributed by atoms with Gasteiger partial charge in [-0.05, 0) is 6.42 Å². The van der Waals surface area contributed by atoms with E-state index in [4.69, 9.17) is 11.0 Å². The minimum absolute atomic E-state index is 0.311. The second-order valence-corrected chi connectivity index (χ2v) is 7.00. The standard InChI is InChI=1S/C5H15N2OPS/c1-3-4-5(2)10-9(6,7)8/h5H,3-4H2,1-2H3,(H4,6,7,8). The monoisotopic (exact) mass is 182 g/mol. The molecule has 0 saturated carbocycles. The van der Waals surface area contributed by atoms with E-state index in [0.717, 1.165) is 12.8 Å². The predicted molar refractivity (Wildman–Crippen MR) is 47.9 cm³/mol. The average Bonchev–Trinajstić information content (AvgIpc) is 1.59. The summed E-state index contributed by atoms with van der Waals surface area (Å²) in [5.74, 6) is 0. The van der Waals surface area contributed by atoms with Crippen molar-refractivity contribution in [3.05, 3.63) is 0 Å². The first-order chi connectivity index (χ1) is 4.45. The molecule has 0 aromatic heterocycles. The van der Waals surface area contributed by atoms with Crippen LogP contribution in [-0.2, 0) is 4.57 Å². The Kier molecular flexibility index (Phi) is 4.61. The van der Waals surface area contributed by atoms with E-state index in [1.165, 1.54) is 11.4 Å². The van der Waals surface area contributed by atoms with Gasteiger partial charge in [0.1, 0.15) is 0 Å². The van der Waals surface area contributed by atoms with Crippen LogP contribution in [0.3, 0.4) is 0 Å². The Bertz CT molecular complexity index is 136. The summed E-state index contributed by atoms with van der Waals surface area (Å²) >= 11 is 1.19. The van der Waals surface area contributed by atoms with Crippen LogP contribution < -0.4 is 11.0 Å². The maximum Gasteiger partial charge on any atom is 0.261 e. The van der Waals surface area contributed by atoms with E-state index < -0.39 is 6.65 Å². The van der Waals surface area contributed by atoms with Gasteiger partial charge in [0, 0.05) is 5.25 Å². The summed E-state index contributed by atoms with van der Waals surface area (Å²) in [5.41, 5.74) is 10.3. The number of nitrogens with two attached hydrogens (primary N) is 2. The molecule has 0 spiro atoms. The van der Waals surface area contributed by atoms with Gasteiger partial charge in [-0.1, -0.05) is 31.7 Å². The molecule has 0 aromatic carbocycles. The highest BCUT2D eigenvalue weighted by Gasteiger charge is 2.13. The number of rotatable bonds is 4. The molecule has 5 heteroatoms. The minimum Gasteiger partial charge on any atom is -0.277 e. The van der Waals surface area contributed by atoms with Gasteiger partial charge >= 0.3 is 0 Å². The molecule has 0 bridgehead atoms. The Labute approximate surface area is 66.2 Å². The fraction of sp³-hybridized carbons (Fsp3) is 1.00. The topological polar surface area (TPSA) is 69.1 Å². The van der Waals surface area contributed by atoms with Crippen molar-refractivity contribution in [1.82, 2.24) is 0 Å². The van der Waals surface area contributed by atoms with E-state index in [9.17, 15) is 4.57 Å². The van der Waals surface area contributed by atoms with Crippen LogP contribution in [0, 0.1) is 0 Å². The van der Waals surface area contributed by atoms with Crippen molar-refractivity contribution in [3.63, 3.8) is 0 Å². The third-order valence-corrected chi connectivity index (χ3v) is 4.03. The maximum absolute atomic E-state index is 10.8. The molecule has 1 unspecified atom stereocenters. The van der Waals surface area contributed by atoms with Crippen molar-refractivity contribution in [3.8, 4) is 0 Å². The lowest BCUT2D eigenvalue weighted by Crippen LogP contribution is -2.05. The Morgan fingerprint density at radius 2 is 2.10 bits per heavy atom. The van der Waals surface area contributed by atoms with Gasteiger partial charge in [-0.15, -0.1) is 0 Å². The summed E-state index contributed by atoms with van der Waals surface area (Å²) in [6, 6.07) is 0. The molecule has 62 valence electrons. The Morgan fingerprint density at radius 3 is 2.40 bits per heavy atom. The number of hydrogen-bond acceptors (Lipinski definition) is 2. The molecule has 0 saturated heterocycles. The minimum atomic E-state index is -2.83. The quantitative estimate of drug-likeness (QED) is 0.652. The molecular formula is C5H15N2OPS.